The van der Waals surface area contributed by atoms with E-state index in [-0.39, 0.29) is 39.2 Å². The molecule has 7 N–H and O–H groups in total. The van der Waals surface area contributed by atoms with Gasteiger partial charge in [0.1, 0.15) is 5.69 Å². The Bertz CT molecular complexity index is 1210. The number of hydrogen-bond donors (Lipinski definition) is 7. The van der Waals surface area contributed by atoms with Gasteiger partial charge < -0.3 is 20.8 Å². The number of rotatable bonds is 5. The van der Waals surface area contributed by atoms with E-state index in [1.54, 1.807) is 0 Å². The molecule has 1 aromatic carbocycles. The van der Waals surface area contributed by atoms with E-state index in [1.807, 2.05) is 6.92 Å². The summed E-state index contributed by atoms with van der Waals surface area (Å²) in [5.74, 6) is -0.122. The molecule has 12 heteroatoms. The molecule has 214 valence electrons. The summed E-state index contributed by atoms with van der Waals surface area (Å²) in [6.45, 7) is 6.46. The molecule has 4 aliphatic rings. The molecule has 1 spiro atoms. The van der Waals surface area contributed by atoms with Gasteiger partial charge in [-0.3, -0.25) is 4.79 Å². The zero-order valence-electron chi connectivity index (χ0n) is 22.7. The number of carboxylic acids is 1. The summed E-state index contributed by atoms with van der Waals surface area (Å²) in [6, 6.07) is 2.78. The van der Waals surface area contributed by atoms with Crippen molar-refractivity contribution in [2.45, 2.75) is 78.6 Å². The number of fused-ring (bicyclic) bond motifs is 3. The fourth-order valence-electron chi connectivity index (χ4n) is 9.19. The minimum atomic E-state index is -1.35. The molecule has 2 unspecified atom stereocenters. The molecule has 8 atom stereocenters. The van der Waals surface area contributed by atoms with E-state index < -0.39 is 27.9 Å². The van der Waals surface area contributed by atoms with Crippen molar-refractivity contribution >= 4 is 34.8 Å². The van der Waals surface area contributed by atoms with E-state index in [0.717, 1.165) is 69.6 Å². The lowest BCUT2D eigenvalue weighted by atomic mass is 9.40. The van der Waals surface area contributed by atoms with Crippen LogP contribution in [0.25, 0.3) is 0 Å². The van der Waals surface area contributed by atoms with Crippen LogP contribution >= 0.6 is 0 Å². The lowest BCUT2D eigenvalue weighted by Gasteiger charge is -2.63. The lowest BCUT2D eigenvalue weighted by Crippen LogP contribution is -3.00. The van der Waals surface area contributed by atoms with Crippen molar-refractivity contribution in [2.24, 2.45) is 38.6 Å². The minimum Gasteiger partial charge on any atom is -0.595 e. The molecular weight excluding hydrogens is 506 g/mol. The maximum Gasteiger partial charge on any atom is 0.339 e. The van der Waals surface area contributed by atoms with Crippen LogP contribution in [0.1, 0.15) is 78.6 Å². The first-order chi connectivity index (χ1) is 18.2. The first-order valence-corrected chi connectivity index (χ1v) is 13.7. The Kier molecular flexibility index (Phi) is 6.80. The van der Waals surface area contributed by atoms with E-state index in [1.165, 1.54) is 12.1 Å². The van der Waals surface area contributed by atoms with Gasteiger partial charge in [0, 0.05) is 17.2 Å². The number of quaternary nitrogens is 2. The maximum atomic E-state index is 12.7. The van der Waals surface area contributed by atoms with Crippen molar-refractivity contribution in [1.29, 1.82) is 0 Å². The molecule has 4 aliphatic carbocycles. The van der Waals surface area contributed by atoms with Crippen LogP contribution in [0.3, 0.4) is 0 Å². The summed E-state index contributed by atoms with van der Waals surface area (Å²) in [4.78, 5) is 25.1. The maximum absolute atomic E-state index is 12.7. The van der Waals surface area contributed by atoms with Gasteiger partial charge in [0.05, 0.1) is 11.5 Å². The van der Waals surface area contributed by atoms with Crippen LogP contribution in [-0.4, -0.2) is 33.2 Å². The number of hydrogen-bond acceptors (Lipinski definition) is 7. The van der Waals surface area contributed by atoms with E-state index in [4.69, 9.17) is 5.21 Å². The Balaban J connectivity index is 1.34. The number of nitrogens with zero attached hydrogens (tertiary/aromatic N) is 1. The number of amides is 2. The predicted molar refractivity (Wildman–Crippen MR) is 141 cm³/mol. The van der Waals surface area contributed by atoms with Crippen molar-refractivity contribution in [2.75, 3.05) is 5.32 Å². The number of anilines is 1. The predicted octanol–water partition coefficient (Wildman–Crippen LogP) is 2.86. The van der Waals surface area contributed by atoms with Gasteiger partial charge in [-0.2, -0.15) is 15.6 Å². The normalized spacial score (nSPS) is 39.8. The molecule has 4 saturated carbocycles. The summed E-state index contributed by atoms with van der Waals surface area (Å²) in [5.41, 5.74) is 2.09. The van der Waals surface area contributed by atoms with Crippen LogP contribution in [0.15, 0.2) is 23.3 Å². The number of aliphatic carboxylic acids is 1. The fraction of sp³-hybridized carbons (Fsp3) is 0.667. The van der Waals surface area contributed by atoms with Crippen molar-refractivity contribution in [1.82, 2.24) is 5.43 Å². The highest BCUT2D eigenvalue weighted by Gasteiger charge is 2.67. The number of benzene rings is 1. The van der Waals surface area contributed by atoms with Crippen molar-refractivity contribution in [3.05, 3.63) is 28.6 Å². The number of hydrazone groups is 1. The molecule has 0 heterocycles. The molecule has 2 bridgehead atoms. The summed E-state index contributed by atoms with van der Waals surface area (Å²) in [6.07, 6.45) is 8.21. The zero-order chi connectivity index (χ0) is 28.4. The first-order valence-electron chi connectivity index (χ1n) is 13.7. The topological polar surface area (TPSA) is 186 Å². The second-order valence-electron chi connectivity index (χ2n) is 13.0. The van der Waals surface area contributed by atoms with Crippen molar-refractivity contribution < 1.29 is 35.6 Å². The summed E-state index contributed by atoms with van der Waals surface area (Å²) >= 11 is 0. The lowest BCUT2D eigenvalue weighted by molar-refractivity contribution is -0.996. The third kappa shape index (κ3) is 4.43. The highest BCUT2D eigenvalue weighted by molar-refractivity contribution is 5.96. The van der Waals surface area contributed by atoms with Crippen LogP contribution in [0.4, 0.5) is 21.9 Å². The van der Waals surface area contributed by atoms with Crippen molar-refractivity contribution in [3.8, 4) is 0 Å². The van der Waals surface area contributed by atoms with Gasteiger partial charge in [-0.1, -0.05) is 20.3 Å². The van der Waals surface area contributed by atoms with Gasteiger partial charge in [-0.25, -0.2) is 20.6 Å². The molecule has 0 aromatic heterocycles. The molecule has 12 nitrogen and oxygen atoms in total. The highest BCUT2D eigenvalue weighted by Crippen LogP contribution is 2.73. The summed E-state index contributed by atoms with van der Waals surface area (Å²) < 4.78 is 0. The molecule has 39 heavy (non-hydrogen) atoms. The van der Waals surface area contributed by atoms with Crippen LogP contribution < -0.4 is 21.2 Å². The molecule has 1 aromatic rings. The van der Waals surface area contributed by atoms with E-state index in [9.17, 15) is 30.3 Å². The first kappa shape index (κ1) is 27.9. The Hall–Kier alpha value is -2.61. The third-order valence-electron chi connectivity index (χ3n) is 10.9. The van der Waals surface area contributed by atoms with Crippen LogP contribution in [0.2, 0.25) is 0 Å². The number of carbonyl (C=O) groups excluding carboxylic acids is 1. The van der Waals surface area contributed by atoms with Crippen LogP contribution in [0.5, 0.6) is 0 Å². The monoisotopic (exact) mass is 545 g/mol. The van der Waals surface area contributed by atoms with E-state index in [2.05, 4.69) is 29.7 Å². The fourth-order valence-corrected chi connectivity index (χ4v) is 9.19. The van der Waals surface area contributed by atoms with Crippen LogP contribution in [0, 0.1) is 43.9 Å². The van der Waals surface area contributed by atoms with Crippen LogP contribution in [-0.2, 0) is 4.79 Å². The summed E-state index contributed by atoms with van der Waals surface area (Å²) in [7, 11) is 0. The Morgan fingerprint density at radius 1 is 1.03 bits per heavy atom. The van der Waals surface area contributed by atoms with Gasteiger partial charge in [0.2, 0.25) is 0 Å². The smallest absolute Gasteiger partial charge is 0.339 e. The third-order valence-corrected chi connectivity index (χ3v) is 10.9. The quantitative estimate of drug-likeness (QED) is 0.277. The molecule has 0 radical (unpaired) electrons. The van der Waals surface area contributed by atoms with E-state index in [0.29, 0.717) is 5.92 Å². The molecule has 5 rings (SSSR count). The number of nitrogens with one attached hydrogen (secondary N) is 4. The molecule has 2 amide bonds. The molecule has 0 aliphatic heterocycles. The minimum absolute atomic E-state index is 0.0229. The van der Waals surface area contributed by atoms with Gasteiger partial charge >= 0.3 is 12.0 Å². The average molecular weight is 546 g/mol. The highest BCUT2D eigenvalue weighted by atomic mass is 16.8. The standard InChI is InChI=1S/C27H39N5O7/c1-24-11-7-20-25(2)9-4-10-26(3,22(33)34)19(25)8-12-27(20,15-24)14-21(24)29-30-23(35)28-17-6-5-16(31(36)37)13-18(17)32(38)39/h5-6,13,19-20,31-32,36,38H,4,7-12,14-15H2,1-3H3,(H,33,34)(H2,28,30,35)/t19-,20-,24-,25+,26+,27-/m0/s1. The summed E-state index contributed by atoms with van der Waals surface area (Å²) in [5, 5.41) is 56.0. The Morgan fingerprint density at radius 3 is 2.41 bits per heavy atom. The second kappa shape index (κ2) is 9.50. The zero-order valence-corrected chi connectivity index (χ0v) is 22.7. The van der Waals surface area contributed by atoms with Gasteiger partial charge in [0.15, 0.2) is 11.4 Å². The second-order valence-corrected chi connectivity index (χ2v) is 13.0. The SMILES string of the molecule is C[C@@]12CC[C@@H]3[C@@](CC[C@H]4[C@@]3(C)CCC[C@@]4(C)C(=O)O)(CC1=NNC(=O)Nc1ccc([NH+]([O-])O)cc1[NH+]([O-])O)C2. The van der Waals surface area contributed by atoms with Gasteiger partial charge in [-0.05, 0) is 87.0 Å². The van der Waals surface area contributed by atoms with Crippen molar-refractivity contribution in [3.63, 3.8) is 0 Å². The Morgan fingerprint density at radius 2 is 1.74 bits per heavy atom. The Labute approximate surface area is 227 Å². The number of carbonyl (C=O) groups is 2. The largest absolute Gasteiger partial charge is 0.595 e. The molecule has 0 saturated heterocycles. The van der Waals surface area contributed by atoms with E-state index >= 15 is 0 Å². The molecule has 4 fully saturated rings. The number of urea groups is 1. The average Bonchev–Trinajstić information content (AvgIpc) is 3.06. The molecular formula is C27H39N5O7. The van der Waals surface area contributed by atoms with Gasteiger partial charge in [0.25, 0.3) is 0 Å². The number of carboxylic acid groups (broad SMARTS) is 1. The van der Waals surface area contributed by atoms with Gasteiger partial charge in [-0.15, -0.1) is 0 Å².